The van der Waals surface area contributed by atoms with E-state index in [4.69, 9.17) is 14.2 Å². The van der Waals surface area contributed by atoms with Crippen molar-refractivity contribution in [1.82, 2.24) is 14.7 Å². The maximum Gasteiger partial charge on any atom is 0.329 e. The fourth-order valence-electron chi connectivity index (χ4n) is 5.33. The second-order valence-electron chi connectivity index (χ2n) is 12.2. The van der Waals surface area contributed by atoms with Crippen molar-refractivity contribution in [3.05, 3.63) is 34.7 Å². The number of likely N-dealkylation sites (N-methyl/N-ethyl adjacent to an activating group) is 3. The van der Waals surface area contributed by atoms with Crippen LogP contribution in [0.25, 0.3) is 0 Å². The molecule has 14 nitrogen and oxygen atoms in total. The number of hydrogen-bond donors (Lipinski definition) is 0. The van der Waals surface area contributed by atoms with Gasteiger partial charge in [-0.15, -0.1) is 4.91 Å². The minimum atomic E-state index is -1.46. The quantitative estimate of drug-likeness (QED) is 0.241. The number of esters is 3. The van der Waals surface area contributed by atoms with Gasteiger partial charge in [0.2, 0.25) is 0 Å². The molecule has 0 radical (unpaired) electrons. The minimum absolute atomic E-state index is 0.132. The second kappa shape index (κ2) is 17.0. The van der Waals surface area contributed by atoms with Crippen LogP contribution in [0, 0.1) is 16.7 Å². The molecule has 1 heterocycles. The fourth-order valence-corrected chi connectivity index (χ4v) is 5.33. The first-order valence-corrected chi connectivity index (χ1v) is 15.8. The molecule has 0 spiro atoms. The van der Waals surface area contributed by atoms with Gasteiger partial charge in [0.15, 0.2) is 18.3 Å². The molecule has 1 aliphatic heterocycles. The predicted octanol–water partition coefficient (Wildman–Crippen LogP) is 3.01. The molecule has 2 rings (SSSR count). The number of cyclic esters (lactones) is 3. The molecule has 1 saturated heterocycles. The Labute approximate surface area is 276 Å². The van der Waals surface area contributed by atoms with Gasteiger partial charge in [-0.25, -0.2) is 14.4 Å². The number of nitrogens with zero attached hydrogens (tertiary/aromatic N) is 4. The molecule has 8 atom stereocenters. The van der Waals surface area contributed by atoms with E-state index >= 15 is 0 Å². The Kier molecular flexibility index (Phi) is 14.0. The number of carbonyl (C=O) groups is 6. The van der Waals surface area contributed by atoms with Crippen LogP contribution in [0.5, 0.6) is 0 Å². The zero-order valence-electron chi connectivity index (χ0n) is 28.9. The highest BCUT2D eigenvalue weighted by Gasteiger charge is 2.42. The maximum absolute atomic E-state index is 14.2. The first kappa shape index (κ1) is 38.8. The summed E-state index contributed by atoms with van der Waals surface area (Å²) in [7, 11) is 4.11. The molecule has 0 N–H and O–H groups in total. The van der Waals surface area contributed by atoms with Crippen molar-refractivity contribution >= 4 is 41.3 Å². The molecule has 260 valence electrons. The lowest BCUT2D eigenvalue weighted by Crippen LogP contribution is -2.56. The highest BCUT2D eigenvalue weighted by atomic mass is 16.6. The molecule has 14 heteroatoms. The molecule has 0 aromatic heterocycles. The average Bonchev–Trinajstić information content (AvgIpc) is 3.05. The first-order chi connectivity index (χ1) is 22.0. The summed E-state index contributed by atoms with van der Waals surface area (Å²) in [6.45, 7) is 11.2. The molecular formula is C33H48N4O10. The average molecular weight is 661 g/mol. The van der Waals surface area contributed by atoms with E-state index in [2.05, 4.69) is 5.18 Å². The van der Waals surface area contributed by atoms with E-state index in [0.29, 0.717) is 18.4 Å². The molecule has 0 bridgehead atoms. The lowest BCUT2D eigenvalue weighted by molar-refractivity contribution is -0.177. The molecule has 1 fully saturated rings. The highest BCUT2D eigenvalue weighted by Crippen LogP contribution is 2.23. The van der Waals surface area contributed by atoms with Crippen LogP contribution in [0.3, 0.4) is 0 Å². The van der Waals surface area contributed by atoms with Gasteiger partial charge < -0.3 is 28.9 Å². The van der Waals surface area contributed by atoms with Crippen molar-refractivity contribution in [3.63, 3.8) is 0 Å². The van der Waals surface area contributed by atoms with E-state index in [9.17, 15) is 33.7 Å². The smallest absolute Gasteiger partial charge is 0.329 e. The standard InChI is InChI=1S/C33H48N4O10/c1-11-18(3)26-32(42)46-21(6)28(38)35(8)20(5)31(41)45-22(7)29(39)36(9)27(19(4)12-2)33(43)47-25(30(40)37(26)10)17-23-13-15-24(34-44)16-14-23/h13-16,18-22,25-27H,11-12,17H2,1-10H3/t18?,19?,20-,21+,22+,25+,26-,27-/m0/s1. The van der Waals surface area contributed by atoms with Crippen LogP contribution in [0.1, 0.15) is 66.9 Å². The summed E-state index contributed by atoms with van der Waals surface area (Å²) in [6, 6.07) is 2.53. The van der Waals surface area contributed by atoms with Crippen molar-refractivity contribution < 1.29 is 43.0 Å². The van der Waals surface area contributed by atoms with Crippen LogP contribution in [-0.2, 0) is 49.4 Å². The Balaban J connectivity index is 2.70. The van der Waals surface area contributed by atoms with Crippen molar-refractivity contribution in [1.29, 1.82) is 0 Å². The van der Waals surface area contributed by atoms with Crippen LogP contribution >= 0.6 is 0 Å². The van der Waals surface area contributed by atoms with E-state index in [-0.39, 0.29) is 12.1 Å². The molecule has 1 aromatic rings. The number of amides is 3. The zero-order chi connectivity index (χ0) is 35.7. The van der Waals surface area contributed by atoms with E-state index in [1.165, 1.54) is 54.0 Å². The molecule has 2 unspecified atom stereocenters. The van der Waals surface area contributed by atoms with Crippen molar-refractivity contribution in [3.8, 4) is 0 Å². The topological polar surface area (TPSA) is 169 Å². The van der Waals surface area contributed by atoms with Crippen LogP contribution in [0.4, 0.5) is 5.69 Å². The number of rotatable bonds is 7. The molecule has 3 amide bonds. The normalized spacial score (nSPS) is 27.3. The number of nitroso groups, excluding NO2 is 1. The third-order valence-electron chi connectivity index (χ3n) is 8.93. The van der Waals surface area contributed by atoms with Gasteiger partial charge in [-0.1, -0.05) is 52.7 Å². The van der Waals surface area contributed by atoms with E-state index in [1.807, 2.05) is 13.8 Å². The number of benzene rings is 1. The van der Waals surface area contributed by atoms with Crippen molar-refractivity contribution in [2.45, 2.75) is 104 Å². The van der Waals surface area contributed by atoms with Gasteiger partial charge in [0.05, 0.1) is 0 Å². The predicted molar refractivity (Wildman–Crippen MR) is 171 cm³/mol. The third kappa shape index (κ3) is 9.35. The van der Waals surface area contributed by atoms with Crippen LogP contribution in [0.2, 0.25) is 0 Å². The first-order valence-electron chi connectivity index (χ1n) is 15.8. The monoisotopic (exact) mass is 660 g/mol. The minimum Gasteiger partial charge on any atom is -0.451 e. The van der Waals surface area contributed by atoms with E-state index < -0.39 is 83.9 Å². The van der Waals surface area contributed by atoms with Crippen LogP contribution in [-0.4, -0.2) is 108 Å². The summed E-state index contributed by atoms with van der Waals surface area (Å²) in [5, 5.41) is 2.89. The Hall–Kier alpha value is -4.36. The number of hydrogen-bond acceptors (Lipinski definition) is 11. The largest absolute Gasteiger partial charge is 0.451 e. The Morgan fingerprint density at radius 2 is 1.09 bits per heavy atom. The van der Waals surface area contributed by atoms with Crippen molar-refractivity contribution in [2.75, 3.05) is 21.1 Å². The lowest BCUT2D eigenvalue weighted by Gasteiger charge is -2.36. The van der Waals surface area contributed by atoms with Crippen LogP contribution < -0.4 is 0 Å². The van der Waals surface area contributed by atoms with Crippen LogP contribution in [0.15, 0.2) is 29.4 Å². The third-order valence-corrected chi connectivity index (χ3v) is 8.93. The summed E-state index contributed by atoms with van der Waals surface area (Å²) in [6.07, 6.45) is -3.36. The Morgan fingerprint density at radius 3 is 1.55 bits per heavy atom. The molecule has 0 aliphatic carbocycles. The molecule has 47 heavy (non-hydrogen) atoms. The molecule has 0 saturated carbocycles. The van der Waals surface area contributed by atoms with E-state index in [0.717, 1.165) is 14.7 Å². The van der Waals surface area contributed by atoms with Gasteiger partial charge in [0, 0.05) is 27.6 Å². The van der Waals surface area contributed by atoms with Gasteiger partial charge in [-0.05, 0) is 55.5 Å². The van der Waals surface area contributed by atoms with Gasteiger partial charge in [0.25, 0.3) is 17.7 Å². The molecule has 1 aliphatic rings. The van der Waals surface area contributed by atoms with Gasteiger partial charge in [-0.3, -0.25) is 14.4 Å². The summed E-state index contributed by atoms with van der Waals surface area (Å²) < 4.78 is 16.8. The highest BCUT2D eigenvalue weighted by molar-refractivity contribution is 5.93. The molecular weight excluding hydrogens is 612 g/mol. The van der Waals surface area contributed by atoms with Gasteiger partial charge in [0.1, 0.15) is 23.8 Å². The lowest BCUT2D eigenvalue weighted by atomic mass is 9.96. The SMILES string of the molecule is CCC(C)[C@H]1C(=O)O[C@H](Cc2ccc(N=O)cc2)C(=O)N(C)[C@@H](C(C)CC)C(=O)O[C@H](C)C(=O)N(C)[C@@H](C)C(=O)O[C@H](C)C(=O)N1C. The Bertz CT molecular complexity index is 1310. The summed E-state index contributed by atoms with van der Waals surface area (Å²) >= 11 is 0. The van der Waals surface area contributed by atoms with E-state index in [1.54, 1.807) is 26.0 Å². The molecule has 1 aromatic carbocycles. The number of ether oxygens (including phenoxy) is 3. The second-order valence-corrected chi connectivity index (χ2v) is 12.2. The van der Waals surface area contributed by atoms with Gasteiger partial charge >= 0.3 is 17.9 Å². The van der Waals surface area contributed by atoms with Gasteiger partial charge in [-0.2, -0.15) is 0 Å². The Morgan fingerprint density at radius 1 is 0.660 bits per heavy atom. The zero-order valence-corrected chi connectivity index (χ0v) is 28.9. The summed E-state index contributed by atoms with van der Waals surface area (Å²) in [5.74, 6) is -5.61. The van der Waals surface area contributed by atoms with Crippen molar-refractivity contribution in [2.24, 2.45) is 17.0 Å². The fraction of sp³-hybridized carbons (Fsp3) is 0.636. The summed E-state index contributed by atoms with van der Waals surface area (Å²) in [4.78, 5) is 95.7. The number of carbonyl (C=O) groups excluding carboxylic acids is 6. The summed E-state index contributed by atoms with van der Waals surface area (Å²) in [5.41, 5.74) is 0.692. The maximum atomic E-state index is 14.2.